The molecule has 2 N–H and O–H groups in total. The van der Waals surface area contributed by atoms with E-state index in [2.05, 4.69) is 0 Å². The smallest absolute Gasteiger partial charge is 0.225 e. The van der Waals surface area contributed by atoms with Crippen LogP contribution in [-0.4, -0.2) is 43.2 Å². The Kier molecular flexibility index (Phi) is 5.32. The molecule has 1 aliphatic heterocycles. The molecule has 0 aromatic rings. The molecule has 0 aromatic carbocycles. The Morgan fingerprint density at radius 3 is 2.40 bits per heavy atom. The SMILES string of the molecule is CO[C@@H]1CCN(C(=O)C2CC3CCCC(C2)C3N)C1.Cl. The standard InChI is InChI=1S/C15H26N2O2.ClH/c1-19-13-5-6-17(9-13)15(18)12-7-10-3-2-4-11(8-12)14(10)16;/h10-14H,2-9,16H2,1H3;1H/t10?,11?,12?,13-,14?;/m1./s1. The lowest BCUT2D eigenvalue weighted by atomic mass is 9.65. The molecule has 20 heavy (non-hydrogen) atoms. The summed E-state index contributed by atoms with van der Waals surface area (Å²) in [5.41, 5.74) is 6.30. The molecule has 3 atom stereocenters. The van der Waals surface area contributed by atoms with Crippen LogP contribution in [0.2, 0.25) is 0 Å². The van der Waals surface area contributed by atoms with Gasteiger partial charge in [-0.3, -0.25) is 4.79 Å². The Hall–Kier alpha value is -0.320. The van der Waals surface area contributed by atoms with Crippen molar-refractivity contribution >= 4 is 18.3 Å². The lowest BCUT2D eigenvalue weighted by Crippen LogP contribution is -2.49. The molecular formula is C15H27ClN2O2. The van der Waals surface area contributed by atoms with E-state index in [-0.39, 0.29) is 24.4 Å². The minimum absolute atomic E-state index is 0. The summed E-state index contributed by atoms with van der Waals surface area (Å²) in [5.74, 6) is 1.76. The van der Waals surface area contributed by atoms with Gasteiger partial charge in [0.15, 0.2) is 0 Å². The van der Waals surface area contributed by atoms with Gasteiger partial charge >= 0.3 is 0 Å². The van der Waals surface area contributed by atoms with Crippen LogP contribution in [0.5, 0.6) is 0 Å². The summed E-state index contributed by atoms with van der Waals surface area (Å²) in [5, 5.41) is 0. The van der Waals surface area contributed by atoms with Crippen LogP contribution in [0.25, 0.3) is 0 Å². The topological polar surface area (TPSA) is 55.6 Å². The van der Waals surface area contributed by atoms with E-state index >= 15 is 0 Å². The van der Waals surface area contributed by atoms with Crippen molar-refractivity contribution in [3.8, 4) is 0 Å². The number of likely N-dealkylation sites (tertiary alicyclic amines) is 1. The maximum atomic E-state index is 12.6. The summed E-state index contributed by atoms with van der Waals surface area (Å²) < 4.78 is 5.36. The average molecular weight is 303 g/mol. The summed E-state index contributed by atoms with van der Waals surface area (Å²) in [7, 11) is 1.74. The monoisotopic (exact) mass is 302 g/mol. The maximum absolute atomic E-state index is 12.6. The van der Waals surface area contributed by atoms with E-state index in [9.17, 15) is 4.79 Å². The minimum Gasteiger partial charge on any atom is -0.380 e. The molecule has 2 aliphatic carbocycles. The molecule has 2 saturated carbocycles. The molecule has 4 nitrogen and oxygen atoms in total. The number of rotatable bonds is 2. The lowest BCUT2D eigenvalue weighted by molar-refractivity contribution is -0.138. The zero-order valence-corrected chi connectivity index (χ0v) is 13.1. The Labute approximate surface area is 127 Å². The summed E-state index contributed by atoms with van der Waals surface area (Å²) in [6.07, 6.45) is 7.02. The van der Waals surface area contributed by atoms with Crippen LogP contribution in [0.4, 0.5) is 0 Å². The molecule has 1 saturated heterocycles. The Bertz CT molecular complexity index is 339. The van der Waals surface area contributed by atoms with E-state index in [0.29, 0.717) is 23.8 Å². The molecule has 5 heteroatoms. The zero-order valence-electron chi connectivity index (χ0n) is 12.3. The van der Waals surface area contributed by atoms with Gasteiger partial charge in [0.2, 0.25) is 5.91 Å². The molecule has 2 unspecified atom stereocenters. The van der Waals surface area contributed by atoms with Gasteiger partial charge < -0.3 is 15.4 Å². The highest BCUT2D eigenvalue weighted by molar-refractivity contribution is 5.85. The third-order valence-electron chi connectivity index (χ3n) is 5.55. The number of amides is 1. The zero-order chi connectivity index (χ0) is 13.4. The largest absolute Gasteiger partial charge is 0.380 e. The van der Waals surface area contributed by atoms with Crippen molar-refractivity contribution in [1.29, 1.82) is 0 Å². The van der Waals surface area contributed by atoms with Crippen molar-refractivity contribution in [3.05, 3.63) is 0 Å². The molecule has 1 heterocycles. The Morgan fingerprint density at radius 2 is 1.85 bits per heavy atom. The molecule has 0 radical (unpaired) electrons. The second-order valence-electron chi connectivity index (χ2n) is 6.63. The molecule has 0 spiro atoms. The first-order valence-corrected chi connectivity index (χ1v) is 7.76. The number of fused-ring (bicyclic) bond motifs is 2. The van der Waals surface area contributed by atoms with Gasteiger partial charge in [-0.15, -0.1) is 12.4 Å². The molecule has 3 aliphatic rings. The normalized spacial score (nSPS) is 40.3. The van der Waals surface area contributed by atoms with Crippen molar-refractivity contribution in [2.45, 2.75) is 50.7 Å². The van der Waals surface area contributed by atoms with Gasteiger partial charge in [-0.25, -0.2) is 0 Å². The fourth-order valence-corrected chi connectivity index (χ4v) is 4.37. The summed E-state index contributed by atoms with van der Waals surface area (Å²) in [6, 6.07) is 0.350. The van der Waals surface area contributed by atoms with Crippen LogP contribution >= 0.6 is 12.4 Å². The molecule has 1 amide bonds. The average Bonchev–Trinajstić information content (AvgIpc) is 2.86. The number of ether oxygens (including phenoxy) is 1. The number of hydrogen-bond acceptors (Lipinski definition) is 3. The van der Waals surface area contributed by atoms with E-state index in [1.807, 2.05) is 4.90 Å². The highest BCUT2D eigenvalue weighted by atomic mass is 35.5. The predicted molar refractivity (Wildman–Crippen MR) is 80.8 cm³/mol. The summed E-state index contributed by atoms with van der Waals surface area (Å²) in [4.78, 5) is 14.6. The third-order valence-corrected chi connectivity index (χ3v) is 5.55. The Morgan fingerprint density at radius 1 is 1.20 bits per heavy atom. The second kappa shape index (κ2) is 6.63. The van der Waals surface area contributed by atoms with Gasteiger partial charge in [0.05, 0.1) is 6.10 Å². The first-order valence-electron chi connectivity index (χ1n) is 7.76. The number of carbonyl (C=O) groups excluding carboxylic acids is 1. The number of halogens is 1. The fourth-order valence-electron chi connectivity index (χ4n) is 4.37. The number of carbonyl (C=O) groups is 1. The fraction of sp³-hybridized carbons (Fsp3) is 0.933. The number of methoxy groups -OCH3 is 1. The summed E-state index contributed by atoms with van der Waals surface area (Å²) >= 11 is 0. The van der Waals surface area contributed by atoms with Crippen molar-refractivity contribution < 1.29 is 9.53 Å². The van der Waals surface area contributed by atoms with Crippen LogP contribution in [0, 0.1) is 17.8 Å². The van der Waals surface area contributed by atoms with Crippen molar-refractivity contribution in [2.75, 3.05) is 20.2 Å². The van der Waals surface area contributed by atoms with Gasteiger partial charge in [0, 0.05) is 32.2 Å². The van der Waals surface area contributed by atoms with Crippen LogP contribution in [0.15, 0.2) is 0 Å². The van der Waals surface area contributed by atoms with E-state index in [1.54, 1.807) is 7.11 Å². The molecule has 116 valence electrons. The second-order valence-corrected chi connectivity index (χ2v) is 6.63. The number of nitrogens with two attached hydrogens (primary N) is 1. The highest BCUT2D eigenvalue weighted by Gasteiger charge is 2.42. The Balaban J connectivity index is 0.00000147. The highest BCUT2D eigenvalue weighted by Crippen LogP contribution is 2.42. The van der Waals surface area contributed by atoms with E-state index in [0.717, 1.165) is 32.4 Å². The van der Waals surface area contributed by atoms with Crippen molar-refractivity contribution in [2.24, 2.45) is 23.5 Å². The van der Waals surface area contributed by atoms with Crippen LogP contribution in [0.1, 0.15) is 38.5 Å². The molecule has 3 fully saturated rings. The molecule has 3 rings (SSSR count). The van der Waals surface area contributed by atoms with Gasteiger partial charge in [0.25, 0.3) is 0 Å². The predicted octanol–water partition coefficient (Wildman–Crippen LogP) is 1.81. The van der Waals surface area contributed by atoms with Gasteiger partial charge in [-0.2, -0.15) is 0 Å². The van der Waals surface area contributed by atoms with E-state index < -0.39 is 0 Å². The first kappa shape index (κ1) is 16.1. The minimum atomic E-state index is 0. The van der Waals surface area contributed by atoms with Gasteiger partial charge in [-0.05, 0) is 43.9 Å². The van der Waals surface area contributed by atoms with Crippen LogP contribution in [0.3, 0.4) is 0 Å². The number of nitrogens with zero attached hydrogens (tertiary/aromatic N) is 1. The molecule has 0 aromatic heterocycles. The van der Waals surface area contributed by atoms with Crippen molar-refractivity contribution in [1.82, 2.24) is 4.90 Å². The maximum Gasteiger partial charge on any atom is 0.225 e. The molecular weight excluding hydrogens is 276 g/mol. The summed E-state index contributed by atoms with van der Waals surface area (Å²) in [6.45, 7) is 1.66. The first-order chi connectivity index (χ1) is 9.19. The van der Waals surface area contributed by atoms with E-state index in [1.165, 1.54) is 19.3 Å². The van der Waals surface area contributed by atoms with E-state index in [4.69, 9.17) is 10.5 Å². The number of hydrogen-bond donors (Lipinski definition) is 1. The van der Waals surface area contributed by atoms with Crippen molar-refractivity contribution in [3.63, 3.8) is 0 Å². The van der Waals surface area contributed by atoms with Gasteiger partial charge in [0.1, 0.15) is 0 Å². The molecule has 2 bridgehead atoms. The quantitative estimate of drug-likeness (QED) is 0.846. The van der Waals surface area contributed by atoms with Gasteiger partial charge in [-0.1, -0.05) is 6.42 Å². The lowest BCUT2D eigenvalue weighted by Gasteiger charge is -2.44. The van der Waals surface area contributed by atoms with Crippen LogP contribution < -0.4 is 5.73 Å². The third kappa shape index (κ3) is 2.97. The van der Waals surface area contributed by atoms with Crippen LogP contribution in [-0.2, 0) is 9.53 Å².